The summed E-state index contributed by atoms with van der Waals surface area (Å²) in [6, 6.07) is 11.0. The number of halogens is 1. The summed E-state index contributed by atoms with van der Waals surface area (Å²) in [5, 5.41) is 1.75. The Kier molecular flexibility index (Phi) is 5.73. The smallest absolute Gasteiger partial charge is 0.252 e. The van der Waals surface area contributed by atoms with E-state index in [4.69, 9.17) is 0 Å². The van der Waals surface area contributed by atoms with Gasteiger partial charge in [-0.15, -0.1) is 11.3 Å². The van der Waals surface area contributed by atoms with Crippen molar-refractivity contribution in [3.63, 3.8) is 0 Å². The third kappa shape index (κ3) is 4.38. The highest BCUT2D eigenvalue weighted by atomic mass is 79.9. The van der Waals surface area contributed by atoms with Gasteiger partial charge in [-0.3, -0.25) is 4.79 Å². The van der Waals surface area contributed by atoms with Gasteiger partial charge in [-0.1, -0.05) is 34.1 Å². The topological polar surface area (TPSA) is 57.7 Å². The Bertz CT molecular complexity index is 854. The molecular weight excluding hydrogens is 424 g/mol. The summed E-state index contributed by atoms with van der Waals surface area (Å²) in [5.74, 6) is -0.101. The molecule has 0 spiro atoms. The summed E-state index contributed by atoms with van der Waals surface area (Å²) in [5.41, 5.74) is 0.940. The second-order valence-electron chi connectivity index (χ2n) is 5.55. The van der Waals surface area contributed by atoms with E-state index in [1.807, 2.05) is 24.3 Å². The summed E-state index contributed by atoms with van der Waals surface area (Å²) in [4.78, 5) is 14.0. The number of amides is 1. The van der Waals surface area contributed by atoms with E-state index < -0.39 is 10.0 Å². The summed E-state index contributed by atoms with van der Waals surface area (Å²) in [6.07, 6.45) is 3.30. The van der Waals surface area contributed by atoms with Crippen molar-refractivity contribution in [3.05, 3.63) is 57.9 Å². The Labute approximate surface area is 159 Å². The number of piperazine rings is 1. The molecule has 1 aromatic carbocycles. The molecule has 0 bridgehead atoms. The van der Waals surface area contributed by atoms with Gasteiger partial charge in [-0.2, -0.15) is 4.31 Å². The van der Waals surface area contributed by atoms with Crippen molar-refractivity contribution in [1.29, 1.82) is 0 Å². The van der Waals surface area contributed by atoms with Crippen LogP contribution < -0.4 is 0 Å². The molecule has 25 heavy (non-hydrogen) atoms. The largest absolute Gasteiger partial charge is 0.337 e. The molecule has 1 fully saturated rings. The van der Waals surface area contributed by atoms with Crippen LogP contribution >= 0.6 is 27.3 Å². The van der Waals surface area contributed by atoms with Crippen molar-refractivity contribution in [2.75, 3.05) is 26.2 Å². The SMILES string of the molecule is O=C(/C=C/c1ccc(Br)cc1)N1CCN(S(=O)(=O)c2cccs2)CC1. The lowest BCUT2D eigenvalue weighted by Crippen LogP contribution is -2.50. The van der Waals surface area contributed by atoms with Crippen molar-refractivity contribution in [1.82, 2.24) is 9.21 Å². The normalized spacial score (nSPS) is 16.4. The zero-order valence-corrected chi connectivity index (χ0v) is 16.6. The standard InChI is InChI=1S/C17H17BrN2O3S2/c18-15-6-3-14(4-7-15)5-8-16(21)19-9-11-20(12-10-19)25(22,23)17-2-1-13-24-17/h1-8,13H,9-12H2/b8-5+. The second kappa shape index (κ2) is 7.82. The first-order valence-electron chi connectivity index (χ1n) is 7.73. The van der Waals surface area contributed by atoms with Crippen LogP contribution in [0.2, 0.25) is 0 Å². The van der Waals surface area contributed by atoms with Gasteiger partial charge in [0.2, 0.25) is 5.91 Å². The van der Waals surface area contributed by atoms with Crippen LogP contribution in [0, 0.1) is 0 Å². The molecule has 1 aromatic heterocycles. The molecule has 0 radical (unpaired) electrons. The van der Waals surface area contributed by atoms with Crippen LogP contribution in [0.1, 0.15) is 5.56 Å². The number of thiophene rings is 1. The van der Waals surface area contributed by atoms with E-state index in [0.29, 0.717) is 30.4 Å². The highest BCUT2D eigenvalue weighted by molar-refractivity contribution is 9.10. The Morgan fingerprint density at radius 3 is 2.36 bits per heavy atom. The second-order valence-corrected chi connectivity index (χ2v) is 9.57. The Morgan fingerprint density at radius 1 is 1.08 bits per heavy atom. The van der Waals surface area contributed by atoms with Crippen LogP contribution in [-0.4, -0.2) is 49.7 Å². The average molecular weight is 441 g/mol. The molecule has 0 saturated carbocycles. The minimum absolute atomic E-state index is 0.101. The number of rotatable bonds is 4. The van der Waals surface area contributed by atoms with Crippen LogP contribution in [0.3, 0.4) is 0 Å². The van der Waals surface area contributed by atoms with Gasteiger partial charge in [0.05, 0.1) is 0 Å². The van der Waals surface area contributed by atoms with E-state index in [1.54, 1.807) is 28.5 Å². The monoisotopic (exact) mass is 440 g/mol. The zero-order valence-electron chi connectivity index (χ0n) is 13.3. The van der Waals surface area contributed by atoms with Gasteiger partial charge in [0.25, 0.3) is 10.0 Å². The molecule has 0 N–H and O–H groups in total. The highest BCUT2D eigenvalue weighted by Gasteiger charge is 2.30. The van der Waals surface area contributed by atoms with E-state index in [-0.39, 0.29) is 5.91 Å². The number of sulfonamides is 1. The molecule has 0 atom stereocenters. The highest BCUT2D eigenvalue weighted by Crippen LogP contribution is 2.22. The van der Waals surface area contributed by atoms with Crippen LogP contribution in [0.4, 0.5) is 0 Å². The zero-order chi connectivity index (χ0) is 17.9. The van der Waals surface area contributed by atoms with E-state index in [2.05, 4.69) is 15.9 Å². The third-order valence-corrected chi connectivity index (χ3v) is 7.73. The quantitative estimate of drug-likeness (QED) is 0.686. The molecule has 1 amide bonds. The number of carbonyl (C=O) groups excluding carboxylic acids is 1. The molecule has 8 heteroatoms. The lowest BCUT2D eigenvalue weighted by molar-refractivity contribution is -0.127. The Balaban J connectivity index is 1.58. The molecule has 1 saturated heterocycles. The first-order valence-corrected chi connectivity index (χ1v) is 10.8. The fourth-order valence-electron chi connectivity index (χ4n) is 2.53. The Hall–Kier alpha value is -1.48. The molecule has 3 rings (SSSR count). The average Bonchev–Trinajstić information content (AvgIpc) is 3.16. The lowest BCUT2D eigenvalue weighted by atomic mass is 10.2. The number of benzene rings is 1. The number of nitrogens with zero attached hydrogens (tertiary/aromatic N) is 2. The van der Waals surface area contributed by atoms with Crippen LogP contribution in [-0.2, 0) is 14.8 Å². The molecule has 0 unspecified atom stereocenters. The maximum absolute atomic E-state index is 12.5. The van der Waals surface area contributed by atoms with Crippen molar-refractivity contribution >= 4 is 49.3 Å². The minimum Gasteiger partial charge on any atom is -0.337 e. The molecule has 0 aliphatic carbocycles. The van der Waals surface area contributed by atoms with E-state index in [1.165, 1.54) is 21.7 Å². The van der Waals surface area contributed by atoms with Crippen molar-refractivity contribution in [3.8, 4) is 0 Å². The van der Waals surface area contributed by atoms with Gasteiger partial charge in [0.15, 0.2) is 0 Å². The molecule has 2 aromatic rings. The molecule has 132 valence electrons. The molecule has 2 heterocycles. The van der Waals surface area contributed by atoms with Crippen LogP contribution in [0.5, 0.6) is 0 Å². The summed E-state index contributed by atoms with van der Waals surface area (Å²) in [7, 11) is -3.44. The van der Waals surface area contributed by atoms with Gasteiger partial charge >= 0.3 is 0 Å². The number of hydrogen-bond acceptors (Lipinski definition) is 4. The van der Waals surface area contributed by atoms with Crippen LogP contribution in [0.15, 0.2) is 56.5 Å². The maximum Gasteiger partial charge on any atom is 0.252 e. The molecule has 5 nitrogen and oxygen atoms in total. The molecule has 1 aliphatic heterocycles. The van der Waals surface area contributed by atoms with Gasteiger partial charge in [0.1, 0.15) is 4.21 Å². The summed E-state index contributed by atoms with van der Waals surface area (Å²) >= 11 is 4.58. The first-order chi connectivity index (χ1) is 12.0. The van der Waals surface area contributed by atoms with Crippen LogP contribution in [0.25, 0.3) is 6.08 Å². The van der Waals surface area contributed by atoms with Crippen molar-refractivity contribution in [2.45, 2.75) is 4.21 Å². The predicted octanol–water partition coefficient (Wildman–Crippen LogP) is 3.06. The predicted molar refractivity (Wildman–Crippen MR) is 103 cm³/mol. The fourth-order valence-corrected chi connectivity index (χ4v) is 5.36. The van der Waals surface area contributed by atoms with Crippen molar-refractivity contribution < 1.29 is 13.2 Å². The molecular formula is C17H17BrN2O3S2. The first kappa shape index (κ1) is 18.3. The Morgan fingerprint density at radius 2 is 1.76 bits per heavy atom. The van der Waals surface area contributed by atoms with Gasteiger partial charge in [0, 0.05) is 36.7 Å². The van der Waals surface area contributed by atoms with Gasteiger partial charge in [-0.05, 0) is 35.2 Å². The van der Waals surface area contributed by atoms with Gasteiger partial charge in [-0.25, -0.2) is 8.42 Å². The molecule has 1 aliphatic rings. The lowest BCUT2D eigenvalue weighted by Gasteiger charge is -2.33. The van der Waals surface area contributed by atoms with E-state index >= 15 is 0 Å². The minimum atomic E-state index is -3.44. The number of hydrogen-bond donors (Lipinski definition) is 0. The fraction of sp³-hybridized carbons (Fsp3) is 0.235. The summed E-state index contributed by atoms with van der Waals surface area (Å²) in [6.45, 7) is 1.43. The van der Waals surface area contributed by atoms with E-state index in [9.17, 15) is 13.2 Å². The van der Waals surface area contributed by atoms with Gasteiger partial charge < -0.3 is 4.90 Å². The summed E-state index contributed by atoms with van der Waals surface area (Å²) < 4.78 is 27.7. The number of carbonyl (C=O) groups is 1. The maximum atomic E-state index is 12.5. The van der Waals surface area contributed by atoms with Crippen molar-refractivity contribution in [2.24, 2.45) is 0 Å². The van der Waals surface area contributed by atoms with E-state index in [0.717, 1.165) is 10.0 Å². The third-order valence-electron chi connectivity index (χ3n) is 3.93.